The smallest absolute Gasteiger partial charge is 0.0288 e. The van der Waals surface area contributed by atoms with Gasteiger partial charge in [-0.05, 0) is 112 Å². The lowest BCUT2D eigenvalue weighted by Gasteiger charge is -2.05. The third-order valence-electron chi connectivity index (χ3n) is 5.66. The third-order valence-corrected chi connectivity index (χ3v) is 5.66. The molecule has 0 aliphatic rings. The predicted molar refractivity (Wildman–Crippen MR) is 140 cm³/mol. The summed E-state index contributed by atoms with van der Waals surface area (Å²) in [6, 6.07) is 0. The molecular formula is C30H52. The van der Waals surface area contributed by atoms with Gasteiger partial charge in [0.2, 0.25) is 0 Å². The van der Waals surface area contributed by atoms with Gasteiger partial charge in [0.05, 0.1) is 0 Å². The van der Waals surface area contributed by atoms with E-state index in [4.69, 9.17) is 0 Å². The lowest BCUT2D eigenvalue weighted by Crippen LogP contribution is -1.87. The second kappa shape index (κ2) is 18.5. The van der Waals surface area contributed by atoms with E-state index in [-0.39, 0.29) is 0 Å². The largest absolute Gasteiger partial charge is 0.0856 e. The molecule has 0 heterocycles. The molecule has 0 fully saturated rings. The Morgan fingerprint density at radius 2 is 0.867 bits per heavy atom. The van der Waals surface area contributed by atoms with Crippen LogP contribution in [0.3, 0.4) is 0 Å². The SMILES string of the molecule is CC(C)=CCC/C(C)=C\CC/C(C)=C/CC/C=C(\C)CC/C=C(\C)CCCC(C)C. The Morgan fingerprint density at radius 3 is 1.27 bits per heavy atom. The summed E-state index contributed by atoms with van der Waals surface area (Å²) in [5.41, 5.74) is 7.61. The highest BCUT2D eigenvalue weighted by Crippen LogP contribution is 2.15. The minimum atomic E-state index is 0.832. The van der Waals surface area contributed by atoms with E-state index in [1.165, 1.54) is 87.3 Å². The summed E-state index contributed by atoms with van der Waals surface area (Å²) >= 11 is 0. The number of allylic oxidation sites excluding steroid dienone is 10. The lowest BCUT2D eigenvalue weighted by atomic mass is 10.0. The summed E-state index contributed by atoms with van der Waals surface area (Å²) in [6.07, 6.45) is 25.6. The summed E-state index contributed by atoms with van der Waals surface area (Å²) in [6.45, 7) is 18.1. The van der Waals surface area contributed by atoms with Crippen molar-refractivity contribution < 1.29 is 0 Å². The number of hydrogen-bond donors (Lipinski definition) is 0. The Morgan fingerprint density at radius 1 is 0.500 bits per heavy atom. The minimum absolute atomic E-state index is 0.832. The molecule has 0 saturated carbocycles. The molecule has 0 aromatic heterocycles. The molecule has 0 N–H and O–H groups in total. The van der Waals surface area contributed by atoms with Crippen LogP contribution in [0.5, 0.6) is 0 Å². The molecule has 0 aliphatic heterocycles. The summed E-state index contributed by atoms with van der Waals surface area (Å²) < 4.78 is 0. The first-order valence-electron chi connectivity index (χ1n) is 12.5. The zero-order valence-electron chi connectivity index (χ0n) is 21.7. The summed E-state index contributed by atoms with van der Waals surface area (Å²) in [5, 5.41) is 0. The minimum Gasteiger partial charge on any atom is -0.0856 e. The van der Waals surface area contributed by atoms with Crippen LogP contribution in [0.25, 0.3) is 0 Å². The molecule has 0 atom stereocenters. The van der Waals surface area contributed by atoms with Crippen LogP contribution in [0.2, 0.25) is 0 Å². The molecule has 0 rings (SSSR count). The lowest BCUT2D eigenvalue weighted by molar-refractivity contribution is 0.554. The predicted octanol–water partition coefficient (Wildman–Crippen LogP) is 10.7. The summed E-state index contributed by atoms with van der Waals surface area (Å²) in [4.78, 5) is 0. The van der Waals surface area contributed by atoms with Crippen LogP contribution in [0.4, 0.5) is 0 Å². The van der Waals surface area contributed by atoms with Crippen LogP contribution < -0.4 is 0 Å². The average Bonchev–Trinajstić information content (AvgIpc) is 2.64. The van der Waals surface area contributed by atoms with E-state index in [1.807, 2.05) is 0 Å². The molecule has 0 nitrogen and oxygen atoms in total. The maximum Gasteiger partial charge on any atom is -0.0288 e. The van der Waals surface area contributed by atoms with Crippen molar-refractivity contribution in [3.05, 3.63) is 58.2 Å². The van der Waals surface area contributed by atoms with E-state index in [0.29, 0.717) is 0 Å². The molecule has 0 heteroatoms. The van der Waals surface area contributed by atoms with Gasteiger partial charge < -0.3 is 0 Å². The molecule has 0 aliphatic carbocycles. The maximum absolute atomic E-state index is 2.46. The first-order chi connectivity index (χ1) is 14.2. The third kappa shape index (κ3) is 20.0. The Hall–Kier alpha value is -1.30. The quantitative estimate of drug-likeness (QED) is 0.175. The number of hydrogen-bond acceptors (Lipinski definition) is 0. The Kier molecular flexibility index (Phi) is 17.7. The van der Waals surface area contributed by atoms with E-state index in [0.717, 1.165) is 5.92 Å². The van der Waals surface area contributed by atoms with Crippen molar-refractivity contribution in [3.63, 3.8) is 0 Å². The highest BCUT2D eigenvalue weighted by molar-refractivity contribution is 5.07. The van der Waals surface area contributed by atoms with E-state index in [9.17, 15) is 0 Å². The van der Waals surface area contributed by atoms with Gasteiger partial charge in [-0.25, -0.2) is 0 Å². The van der Waals surface area contributed by atoms with E-state index >= 15 is 0 Å². The first-order valence-corrected chi connectivity index (χ1v) is 12.5. The van der Waals surface area contributed by atoms with E-state index in [2.05, 4.69) is 85.8 Å². The molecular weight excluding hydrogens is 360 g/mol. The fourth-order valence-corrected chi connectivity index (χ4v) is 3.54. The van der Waals surface area contributed by atoms with Gasteiger partial charge in [-0.1, -0.05) is 78.5 Å². The topological polar surface area (TPSA) is 0 Å². The van der Waals surface area contributed by atoms with E-state index < -0.39 is 0 Å². The van der Waals surface area contributed by atoms with Crippen LogP contribution >= 0.6 is 0 Å². The zero-order valence-corrected chi connectivity index (χ0v) is 21.7. The van der Waals surface area contributed by atoms with Crippen molar-refractivity contribution in [2.45, 2.75) is 126 Å². The van der Waals surface area contributed by atoms with Crippen molar-refractivity contribution in [1.29, 1.82) is 0 Å². The van der Waals surface area contributed by atoms with Gasteiger partial charge >= 0.3 is 0 Å². The standard InChI is InChI=1S/C30H52/c1-25(2)15-11-19-29(7)23-13-21-27(5)17-9-10-18-28(6)22-14-24-30(8)20-12-16-26(3)4/h15,17-18,23-24,26H,9-14,16,19-22H2,1-8H3/b27-17+,28-18+,29-23-,30-24+. The molecule has 172 valence electrons. The van der Waals surface area contributed by atoms with Gasteiger partial charge in [-0.3, -0.25) is 0 Å². The summed E-state index contributed by atoms with van der Waals surface area (Å²) in [5.74, 6) is 0.832. The fourth-order valence-electron chi connectivity index (χ4n) is 3.54. The second-order valence-electron chi connectivity index (χ2n) is 9.96. The van der Waals surface area contributed by atoms with Gasteiger partial charge in [0.1, 0.15) is 0 Å². The molecule has 0 radical (unpaired) electrons. The van der Waals surface area contributed by atoms with E-state index in [1.54, 1.807) is 11.1 Å². The van der Waals surface area contributed by atoms with Crippen LogP contribution in [-0.2, 0) is 0 Å². The van der Waals surface area contributed by atoms with Crippen molar-refractivity contribution in [2.75, 3.05) is 0 Å². The van der Waals surface area contributed by atoms with Crippen molar-refractivity contribution in [3.8, 4) is 0 Å². The normalized spacial score (nSPS) is 13.9. The van der Waals surface area contributed by atoms with Crippen molar-refractivity contribution >= 4 is 0 Å². The molecule has 0 spiro atoms. The van der Waals surface area contributed by atoms with Gasteiger partial charge in [-0.2, -0.15) is 0 Å². The Bertz CT molecular complexity index is 586. The number of rotatable bonds is 16. The van der Waals surface area contributed by atoms with Crippen LogP contribution in [-0.4, -0.2) is 0 Å². The van der Waals surface area contributed by atoms with Crippen LogP contribution in [0.15, 0.2) is 58.2 Å². The molecule has 0 unspecified atom stereocenters. The molecule has 0 aromatic rings. The van der Waals surface area contributed by atoms with Crippen LogP contribution in [0.1, 0.15) is 126 Å². The molecule has 0 amide bonds. The highest BCUT2D eigenvalue weighted by Gasteiger charge is 1.96. The van der Waals surface area contributed by atoms with Gasteiger partial charge in [-0.15, -0.1) is 0 Å². The molecule has 30 heavy (non-hydrogen) atoms. The van der Waals surface area contributed by atoms with Crippen molar-refractivity contribution in [2.24, 2.45) is 5.92 Å². The van der Waals surface area contributed by atoms with Crippen LogP contribution in [0, 0.1) is 5.92 Å². The monoisotopic (exact) mass is 412 g/mol. The number of unbranched alkanes of at least 4 members (excludes halogenated alkanes) is 1. The average molecular weight is 413 g/mol. The van der Waals surface area contributed by atoms with Gasteiger partial charge in [0, 0.05) is 0 Å². The molecule has 0 saturated heterocycles. The second-order valence-corrected chi connectivity index (χ2v) is 9.96. The highest BCUT2D eigenvalue weighted by atomic mass is 14.0. The fraction of sp³-hybridized carbons (Fsp3) is 0.667. The Labute approximate surface area is 190 Å². The van der Waals surface area contributed by atoms with Crippen molar-refractivity contribution in [1.82, 2.24) is 0 Å². The van der Waals surface area contributed by atoms with Gasteiger partial charge in [0.25, 0.3) is 0 Å². The summed E-state index contributed by atoms with van der Waals surface area (Å²) in [7, 11) is 0. The Balaban J connectivity index is 4.01. The van der Waals surface area contributed by atoms with Gasteiger partial charge in [0.15, 0.2) is 0 Å². The first kappa shape index (κ1) is 28.7. The zero-order chi connectivity index (χ0) is 22.8. The maximum atomic E-state index is 2.46. The molecule has 0 aromatic carbocycles. The molecule has 0 bridgehead atoms.